The highest BCUT2D eigenvalue weighted by molar-refractivity contribution is 6.22. The van der Waals surface area contributed by atoms with Crippen LogP contribution in [0, 0.1) is 5.82 Å². The fraction of sp³-hybridized carbons (Fsp3) is 0.391. The molecule has 2 aromatic carbocycles. The first kappa shape index (κ1) is 20.5. The molecule has 2 fully saturated rings. The van der Waals surface area contributed by atoms with Crippen molar-refractivity contribution in [2.75, 3.05) is 44.7 Å². The maximum Gasteiger partial charge on any atom is 0.251 e. The van der Waals surface area contributed by atoms with Gasteiger partial charge in [-0.1, -0.05) is 12.1 Å². The number of anilines is 1. The number of amides is 2. The van der Waals surface area contributed by atoms with Gasteiger partial charge in [-0.15, -0.1) is 0 Å². The number of hydrogen-bond donors (Lipinski definition) is 0. The van der Waals surface area contributed by atoms with Crippen LogP contribution in [-0.4, -0.2) is 67.5 Å². The highest BCUT2D eigenvalue weighted by Gasteiger charge is 2.43. The molecule has 4 rings (SSSR count). The number of benzene rings is 2. The van der Waals surface area contributed by atoms with Crippen molar-refractivity contribution in [3.8, 4) is 5.75 Å². The van der Waals surface area contributed by atoms with Crippen molar-refractivity contribution in [1.29, 1.82) is 0 Å². The molecule has 2 heterocycles. The van der Waals surface area contributed by atoms with E-state index in [1.54, 1.807) is 7.11 Å². The highest BCUT2D eigenvalue weighted by atomic mass is 19.1. The molecule has 0 N–H and O–H groups in total. The van der Waals surface area contributed by atoms with Crippen molar-refractivity contribution in [2.45, 2.75) is 18.9 Å². The lowest BCUT2D eigenvalue weighted by atomic mass is 10.1. The molecule has 2 amide bonds. The number of piperazine rings is 1. The number of nitrogens with zero attached hydrogens (tertiary/aromatic N) is 3. The predicted molar refractivity (Wildman–Crippen MR) is 112 cm³/mol. The molecule has 2 saturated heterocycles. The zero-order chi connectivity index (χ0) is 21.1. The molecule has 7 heteroatoms. The van der Waals surface area contributed by atoms with E-state index in [0.717, 1.165) is 44.9 Å². The first-order valence-electron chi connectivity index (χ1n) is 10.3. The number of ether oxygens (including phenoxy) is 1. The Hall–Kier alpha value is -2.77. The maximum atomic E-state index is 13.2. The van der Waals surface area contributed by atoms with E-state index in [-0.39, 0.29) is 24.1 Å². The molecule has 0 aromatic heterocycles. The van der Waals surface area contributed by atoms with Crippen molar-refractivity contribution in [3.63, 3.8) is 0 Å². The fourth-order valence-corrected chi connectivity index (χ4v) is 4.14. The van der Waals surface area contributed by atoms with E-state index in [0.29, 0.717) is 5.69 Å². The van der Waals surface area contributed by atoms with Crippen molar-refractivity contribution in [3.05, 3.63) is 59.9 Å². The highest BCUT2D eigenvalue weighted by Crippen LogP contribution is 2.26. The summed E-state index contributed by atoms with van der Waals surface area (Å²) in [6.45, 7) is 4.20. The van der Waals surface area contributed by atoms with Crippen LogP contribution >= 0.6 is 0 Å². The largest absolute Gasteiger partial charge is 0.497 e. The van der Waals surface area contributed by atoms with E-state index in [9.17, 15) is 14.0 Å². The first-order chi connectivity index (χ1) is 14.5. The molecule has 0 saturated carbocycles. The quantitative estimate of drug-likeness (QED) is 0.683. The standard InChI is InChI=1S/C23H26FN3O3/c1-30-20-8-2-17(3-9-20)10-11-25-12-14-26(15-13-25)21-16-22(28)27(23(21)29)19-6-4-18(24)5-7-19/h2-9,21H,10-16H2,1H3. The van der Waals surface area contributed by atoms with E-state index in [1.807, 2.05) is 12.1 Å². The molecule has 0 radical (unpaired) electrons. The molecular weight excluding hydrogens is 385 g/mol. The fourth-order valence-electron chi connectivity index (χ4n) is 4.14. The minimum atomic E-state index is -0.425. The van der Waals surface area contributed by atoms with Gasteiger partial charge in [0.15, 0.2) is 0 Å². The number of methoxy groups -OCH3 is 1. The van der Waals surface area contributed by atoms with Gasteiger partial charge >= 0.3 is 0 Å². The van der Waals surface area contributed by atoms with Gasteiger partial charge in [-0.2, -0.15) is 0 Å². The molecule has 158 valence electrons. The van der Waals surface area contributed by atoms with Gasteiger partial charge in [0.25, 0.3) is 5.91 Å². The van der Waals surface area contributed by atoms with Crippen LogP contribution in [0.1, 0.15) is 12.0 Å². The van der Waals surface area contributed by atoms with E-state index in [1.165, 1.54) is 34.7 Å². The molecule has 30 heavy (non-hydrogen) atoms. The first-order valence-corrected chi connectivity index (χ1v) is 10.3. The van der Waals surface area contributed by atoms with Crippen LogP contribution in [0.15, 0.2) is 48.5 Å². The molecule has 0 bridgehead atoms. The summed E-state index contributed by atoms with van der Waals surface area (Å²) in [7, 11) is 1.66. The Bertz CT molecular complexity index is 893. The average Bonchev–Trinajstić information content (AvgIpc) is 3.07. The van der Waals surface area contributed by atoms with Crippen LogP contribution < -0.4 is 9.64 Å². The van der Waals surface area contributed by atoms with Crippen LogP contribution in [-0.2, 0) is 16.0 Å². The lowest BCUT2D eigenvalue weighted by molar-refractivity contribution is -0.123. The summed E-state index contributed by atoms with van der Waals surface area (Å²) in [5, 5.41) is 0. The van der Waals surface area contributed by atoms with Gasteiger partial charge in [0.1, 0.15) is 11.6 Å². The number of carbonyl (C=O) groups excluding carboxylic acids is 2. The summed E-state index contributed by atoms with van der Waals surface area (Å²) < 4.78 is 18.4. The molecule has 0 aliphatic carbocycles. The third kappa shape index (κ3) is 4.37. The van der Waals surface area contributed by atoms with E-state index < -0.39 is 6.04 Å². The van der Waals surface area contributed by atoms with E-state index in [4.69, 9.17) is 4.74 Å². The number of imide groups is 1. The summed E-state index contributed by atoms with van der Waals surface area (Å²) in [5.41, 5.74) is 1.71. The summed E-state index contributed by atoms with van der Waals surface area (Å²) in [6.07, 6.45) is 1.14. The van der Waals surface area contributed by atoms with E-state index >= 15 is 0 Å². The number of carbonyl (C=O) groups is 2. The van der Waals surface area contributed by atoms with Gasteiger partial charge in [-0.3, -0.25) is 14.5 Å². The monoisotopic (exact) mass is 411 g/mol. The summed E-state index contributed by atoms with van der Waals surface area (Å²) in [5.74, 6) is 0.0369. The lowest BCUT2D eigenvalue weighted by Crippen LogP contribution is -2.52. The number of halogens is 1. The van der Waals surface area contributed by atoms with Crippen molar-refractivity contribution >= 4 is 17.5 Å². The molecule has 1 unspecified atom stereocenters. The number of rotatable bonds is 6. The van der Waals surface area contributed by atoms with Gasteiger partial charge in [-0.25, -0.2) is 9.29 Å². The minimum absolute atomic E-state index is 0.183. The third-order valence-corrected chi connectivity index (χ3v) is 5.93. The Morgan fingerprint density at radius 1 is 0.967 bits per heavy atom. The molecule has 2 aliphatic rings. The second kappa shape index (κ2) is 8.93. The van der Waals surface area contributed by atoms with E-state index in [2.05, 4.69) is 21.9 Å². The molecule has 6 nitrogen and oxygen atoms in total. The Kier molecular flexibility index (Phi) is 6.11. The van der Waals surface area contributed by atoms with Gasteiger partial charge in [-0.05, 0) is 48.4 Å². The Balaban J connectivity index is 1.30. The van der Waals surface area contributed by atoms with Crippen LogP contribution in [0.4, 0.5) is 10.1 Å². The Morgan fingerprint density at radius 2 is 1.63 bits per heavy atom. The van der Waals surface area contributed by atoms with Crippen molar-refractivity contribution in [1.82, 2.24) is 9.80 Å². The van der Waals surface area contributed by atoms with Crippen LogP contribution in [0.2, 0.25) is 0 Å². The van der Waals surface area contributed by atoms with Crippen LogP contribution in [0.25, 0.3) is 0 Å². The molecule has 2 aliphatic heterocycles. The number of hydrogen-bond acceptors (Lipinski definition) is 5. The Labute approximate surface area is 175 Å². The molecular formula is C23H26FN3O3. The Morgan fingerprint density at radius 3 is 2.27 bits per heavy atom. The molecule has 2 aromatic rings. The van der Waals surface area contributed by atoms with Crippen molar-refractivity contribution < 1.29 is 18.7 Å². The van der Waals surface area contributed by atoms with Crippen LogP contribution in [0.3, 0.4) is 0 Å². The minimum Gasteiger partial charge on any atom is -0.497 e. The van der Waals surface area contributed by atoms with Crippen molar-refractivity contribution in [2.24, 2.45) is 0 Å². The SMILES string of the molecule is COc1ccc(CCN2CCN(C3CC(=O)N(c4ccc(F)cc4)C3=O)CC2)cc1. The summed E-state index contributed by atoms with van der Waals surface area (Å²) >= 11 is 0. The summed E-state index contributed by atoms with van der Waals surface area (Å²) in [6, 6.07) is 13.2. The molecule has 0 spiro atoms. The summed E-state index contributed by atoms with van der Waals surface area (Å²) in [4.78, 5) is 31.0. The second-order valence-corrected chi connectivity index (χ2v) is 7.74. The average molecular weight is 411 g/mol. The topological polar surface area (TPSA) is 53.1 Å². The predicted octanol–water partition coefficient (Wildman–Crippen LogP) is 2.33. The smallest absolute Gasteiger partial charge is 0.251 e. The lowest BCUT2D eigenvalue weighted by Gasteiger charge is -2.37. The maximum absolute atomic E-state index is 13.2. The van der Waals surface area contributed by atoms with Gasteiger partial charge < -0.3 is 9.64 Å². The van der Waals surface area contributed by atoms with Gasteiger partial charge in [0.05, 0.1) is 25.3 Å². The second-order valence-electron chi connectivity index (χ2n) is 7.74. The third-order valence-electron chi connectivity index (χ3n) is 5.93. The van der Waals surface area contributed by atoms with Crippen LogP contribution in [0.5, 0.6) is 5.75 Å². The van der Waals surface area contributed by atoms with Gasteiger partial charge in [0.2, 0.25) is 5.91 Å². The molecule has 1 atom stereocenters. The zero-order valence-electron chi connectivity index (χ0n) is 17.1. The zero-order valence-corrected chi connectivity index (χ0v) is 17.1. The normalized spacial score (nSPS) is 20.7. The van der Waals surface area contributed by atoms with Gasteiger partial charge in [0, 0.05) is 32.7 Å².